The predicted molar refractivity (Wildman–Crippen MR) is 47.1 cm³/mol. The van der Waals surface area contributed by atoms with Crippen molar-refractivity contribution < 1.29 is 5.11 Å². The predicted octanol–water partition coefficient (Wildman–Crippen LogP) is 1.03. The highest BCUT2D eigenvalue weighted by molar-refractivity contribution is 5.85. The van der Waals surface area contributed by atoms with Gasteiger partial charge in [-0.3, -0.25) is 4.90 Å². The Bertz CT molecular complexity index is 143. The number of nitrogens with zero attached hydrogens (tertiary/aromatic N) is 1. The first-order chi connectivity index (χ1) is 4.78. The van der Waals surface area contributed by atoms with Gasteiger partial charge in [0.15, 0.2) is 0 Å². The van der Waals surface area contributed by atoms with E-state index in [1.807, 2.05) is 0 Å². The topological polar surface area (TPSA) is 23.5 Å². The average Bonchev–Trinajstić information content (AvgIpc) is 2.46. The third kappa shape index (κ3) is 1.08. The van der Waals surface area contributed by atoms with Gasteiger partial charge in [-0.25, -0.2) is 0 Å². The van der Waals surface area contributed by atoms with Gasteiger partial charge in [0.05, 0.1) is 6.61 Å². The molecular formula is C8H16ClNO. The van der Waals surface area contributed by atoms with Gasteiger partial charge in [0.2, 0.25) is 0 Å². The number of hydrogen-bond donors (Lipinski definition) is 1. The van der Waals surface area contributed by atoms with Gasteiger partial charge in [-0.05, 0) is 32.7 Å². The molecule has 2 nitrogen and oxygen atoms in total. The minimum Gasteiger partial charge on any atom is -0.394 e. The van der Waals surface area contributed by atoms with E-state index in [1.165, 1.54) is 25.7 Å². The molecule has 0 aromatic rings. The maximum absolute atomic E-state index is 9.17. The molecule has 0 aliphatic carbocycles. The zero-order chi connectivity index (χ0) is 7.19. The zero-order valence-corrected chi connectivity index (χ0v) is 7.73. The van der Waals surface area contributed by atoms with Gasteiger partial charge in [0.25, 0.3) is 0 Å². The lowest BCUT2D eigenvalue weighted by Gasteiger charge is -2.29. The summed E-state index contributed by atoms with van der Waals surface area (Å²) in [5.41, 5.74) is 0.199. The summed E-state index contributed by atoms with van der Waals surface area (Å²) in [6, 6.07) is 0.784. The van der Waals surface area contributed by atoms with E-state index in [9.17, 15) is 5.11 Å². The minimum atomic E-state index is 0. The molecule has 0 atom stereocenters. The van der Waals surface area contributed by atoms with E-state index in [0.717, 1.165) is 6.04 Å². The van der Waals surface area contributed by atoms with Crippen molar-refractivity contribution in [3.63, 3.8) is 0 Å². The van der Waals surface area contributed by atoms with Crippen LogP contribution in [0.2, 0.25) is 0 Å². The van der Waals surface area contributed by atoms with Crippen molar-refractivity contribution in [2.75, 3.05) is 13.7 Å². The lowest BCUT2D eigenvalue weighted by Crippen LogP contribution is -2.41. The van der Waals surface area contributed by atoms with Crippen molar-refractivity contribution in [3.05, 3.63) is 0 Å². The molecule has 3 heteroatoms. The molecule has 2 aliphatic heterocycles. The van der Waals surface area contributed by atoms with Gasteiger partial charge in [0, 0.05) is 11.6 Å². The summed E-state index contributed by atoms with van der Waals surface area (Å²) in [5.74, 6) is 0. The molecule has 2 fully saturated rings. The number of aliphatic hydroxyl groups excluding tert-OH is 1. The quantitative estimate of drug-likeness (QED) is 0.647. The van der Waals surface area contributed by atoms with Crippen LogP contribution in [0.15, 0.2) is 0 Å². The summed E-state index contributed by atoms with van der Waals surface area (Å²) < 4.78 is 0. The summed E-state index contributed by atoms with van der Waals surface area (Å²) in [6.45, 7) is 0.361. The Morgan fingerprint density at radius 3 is 2.18 bits per heavy atom. The summed E-state index contributed by atoms with van der Waals surface area (Å²) >= 11 is 0. The van der Waals surface area contributed by atoms with Crippen LogP contribution >= 0.6 is 12.4 Å². The fraction of sp³-hybridized carbons (Fsp3) is 1.00. The second kappa shape index (κ2) is 2.92. The van der Waals surface area contributed by atoms with Crippen LogP contribution in [0.1, 0.15) is 25.7 Å². The Balaban J connectivity index is 0.000000605. The molecule has 0 radical (unpaired) electrons. The molecule has 1 N–H and O–H groups in total. The Hall–Kier alpha value is 0.210. The van der Waals surface area contributed by atoms with Crippen molar-refractivity contribution in [3.8, 4) is 0 Å². The highest BCUT2D eigenvalue weighted by Gasteiger charge is 2.48. The largest absolute Gasteiger partial charge is 0.394 e. The van der Waals surface area contributed by atoms with E-state index in [2.05, 4.69) is 11.9 Å². The first-order valence-electron chi connectivity index (χ1n) is 4.12. The van der Waals surface area contributed by atoms with Crippen molar-refractivity contribution >= 4 is 12.4 Å². The number of hydrogen-bond acceptors (Lipinski definition) is 2. The molecule has 2 heterocycles. The number of likely N-dealkylation sites (N-methyl/N-ethyl adjacent to an activating group) is 1. The Morgan fingerprint density at radius 1 is 1.45 bits per heavy atom. The Morgan fingerprint density at radius 2 is 2.00 bits per heavy atom. The van der Waals surface area contributed by atoms with Crippen molar-refractivity contribution in [2.45, 2.75) is 37.3 Å². The fourth-order valence-corrected chi connectivity index (χ4v) is 2.54. The van der Waals surface area contributed by atoms with Crippen LogP contribution in [0.4, 0.5) is 0 Å². The summed E-state index contributed by atoms with van der Waals surface area (Å²) in [5, 5.41) is 9.17. The SMILES string of the molecule is CN1C2CCC1(CO)CC2.Cl. The van der Waals surface area contributed by atoms with E-state index in [1.54, 1.807) is 0 Å². The first-order valence-corrected chi connectivity index (χ1v) is 4.12. The summed E-state index contributed by atoms with van der Waals surface area (Å²) in [6.07, 6.45) is 5.03. The van der Waals surface area contributed by atoms with E-state index in [0.29, 0.717) is 6.61 Å². The van der Waals surface area contributed by atoms with Crippen LogP contribution in [-0.4, -0.2) is 35.2 Å². The van der Waals surface area contributed by atoms with Crippen molar-refractivity contribution in [1.82, 2.24) is 4.90 Å². The van der Waals surface area contributed by atoms with Crippen molar-refractivity contribution in [2.24, 2.45) is 0 Å². The van der Waals surface area contributed by atoms with Gasteiger partial charge < -0.3 is 5.11 Å². The van der Waals surface area contributed by atoms with Crippen LogP contribution in [0, 0.1) is 0 Å². The Labute approximate surface area is 74.0 Å². The molecule has 66 valence electrons. The van der Waals surface area contributed by atoms with E-state index >= 15 is 0 Å². The fourth-order valence-electron chi connectivity index (χ4n) is 2.54. The van der Waals surface area contributed by atoms with Gasteiger partial charge in [-0.2, -0.15) is 0 Å². The molecular weight excluding hydrogens is 162 g/mol. The maximum Gasteiger partial charge on any atom is 0.0615 e. The standard InChI is InChI=1S/C8H15NO.ClH/c1-9-7-2-4-8(9,6-10)5-3-7;/h7,10H,2-6H2,1H3;1H. The zero-order valence-electron chi connectivity index (χ0n) is 6.92. The second-order valence-electron chi connectivity index (χ2n) is 3.72. The normalized spacial score (nSPS) is 42.5. The molecule has 0 unspecified atom stereocenters. The molecule has 2 aliphatic rings. The average molecular weight is 178 g/mol. The van der Waals surface area contributed by atoms with E-state index in [4.69, 9.17) is 0 Å². The molecule has 11 heavy (non-hydrogen) atoms. The third-order valence-electron chi connectivity index (χ3n) is 3.48. The van der Waals surface area contributed by atoms with E-state index in [-0.39, 0.29) is 17.9 Å². The Kier molecular flexibility index (Phi) is 2.47. The van der Waals surface area contributed by atoms with Gasteiger partial charge >= 0.3 is 0 Å². The van der Waals surface area contributed by atoms with Gasteiger partial charge in [-0.15, -0.1) is 12.4 Å². The molecule has 0 spiro atoms. The lowest BCUT2D eigenvalue weighted by atomic mass is 9.89. The molecule has 2 saturated heterocycles. The lowest BCUT2D eigenvalue weighted by molar-refractivity contribution is 0.0991. The molecule has 0 saturated carbocycles. The second-order valence-corrected chi connectivity index (χ2v) is 3.72. The van der Waals surface area contributed by atoms with E-state index < -0.39 is 0 Å². The molecule has 0 amide bonds. The summed E-state index contributed by atoms with van der Waals surface area (Å²) in [4.78, 5) is 2.38. The van der Waals surface area contributed by atoms with Crippen LogP contribution < -0.4 is 0 Å². The van der Waals surface area contributed by atoms with Crippen LogP contribution in [0.5, 0.6) is 0 Å². The highest BCUT2D eigenvalue weighted by Crippen LogP contribution is 2.44. The monoisotopic (exact) mass is 177 g/mol. The highest BCUT2D eigenvalue weighted by atomic mass is 35.5. The number of fused-ring (bicyclic) bond motifs is 2. The van der Waals surface area contributed by atoms with Gasteiger partial charge in [0.1, 0.15) is 0 Å². The van der Waals surface area contributed by atoms with Crippen LogP contribution in [-0.2, 0) is 0 Å². The minimum absolute atomic E-state index is 0. The number of rotatable bonds is 1. The molecule has 0 aromatic heterocycles. The number of halogens is 1. The third-order valence-corrected chi connectivity index (χ3v) is 3.48. The van der Waals surface area contributed by atoms with Crippen LogP contribution in [0.25, 0.3) is 0 Å². The summed E-state index contributed by atoms with van der Waals surface area (Å²) in [7, 11) is 2.15. The smallest absolute Gasteiger partial charge is 0.0615 e. The number of aliphatic hydroxyl groups is 1. The van der Waals surface area contributed by atoms with Crippen molar-refractivity contribution in [1.29, 1.82) is 0 Å². The first kappa shape index (κ1) is 9.30. The molecule has 2 rings (SSSR count). The van der Waals surface area contributed by atoms with Gasteiger partial charge in [-0.1, -0.05) is 0 Å². The van der Waals surface area contributed by atoms with Crippen LogP contribution in [0.3, 0.4) is 0 Å². The maximum atomic E-state index is 9.17. The molecule has 0 aromatic carbocycles. The molecule has 2 bridgehead atoms.